The molecule has 1 aromatic carbocycles. The van der Waals surface area contributed by atoms with Crippen molar-refractivity contribution < 1.29 is 0 Å². The molecule has 2 aromatic heterocycles. The molecule has 1 N–H and O–H groups in total. The molecule has 4 heteroatoms. The predicted molar refractivity (Wildman–Crippen MR) is 101 cm³/mol. The first-order chi connectivity index (χ1) is 12.3. The van der Waals surface area contributed by atoms with Crippen LogP contribution in [0.2, 0.25) is 0 Å². The van der Waals surface area contributed by atoms with Crippen LogP contribution in [0.1, 0.15) is 30.0 Å². The number of nitriles is 1. The van der Waals surface area contributed by atoms with Crippen molar-refractivity contribution in [1.29, 1.82) is 5.26 Å². The van der Waals surface area contributed by atoms with Gasteiger partial charge in [-0.3, -0.25) is 0 Å². The largest absolute Gasteiger partial charge is 0.360 e. The minimum atomic E-state index is 0.638. The second kappa shape index (κ2) is 6.45. The van der Waals surface area contributed by atoms with Crippen LogP contribution in [-0.4, -0.2) is 23.1 Å². The highest BCUT2D eigenvalue weighted by molar-refractivity contribution is 5.94. The highest BCUT2D eigenvalue weighted by Gasteiger charge is 2.19. The molecular formula is C21H20N4. The lowest BCUT2D eigenvalue weighted by atomic mass is 9.97. The van der Waals surface area contributed by atoms with E-state index >= 15 is 0 Å². The molecule has 4 nitrogen and oxygen atoms in total. The molecule has 3 heterocycles. The van der Waals surface area contributed by atoms with Crippen LogP contribution >= 0.6 is 0 Å². The highest BCUT2D eigenvalue weighted by Crippen LogP contribution is 2.32. The molecule has 124 valence electrons. The number of hydrogen-bond donors (Lipinski definition) is 1. The van der Waals surface area contributed by atoms with Gasteiger partial charge in [0.05, 0.1) is 5.56 Å². The molecule has 25 heavy (non-hydrogen) atoms. The maximum atomic E-state index is 9.28. The summed E-state index contributed by atoms with van der Waals surface area (Å²) in [6.07, 6.45) is 8.13. The minimum Gasteiger partial charge on any atom is -0.360 e. The molecule has 0 bridgehead atoms. The van der Waals surface area contributed by atoms with E-state index in [0.29, 0.717) is 5.56 Å². The maximum Gasteiger partial charge on any atom is 0.146 e. The molecule has 0 amide bonds. The maximum absolute atomic E-state index is 9.28. The number of hydrogen-bond acceptors (Lipinski definition) is 3. The van der Waals surface area contributed by atoms with Gasteiger partial charge in [0, 0.05) is 41.9 Å². The Hall–Kier alpha value is -3.06. The topological polar surface area (TPSA) is 55.7 Å². The van der Waals surface area contributed by atoms with E-state index in [1.54, 1.807) is 6.20 Å². The summed E-state index contributed by atoms with van der Waals surface area (Å²) in [7, 11) is 0. The number of rotatable bonds is 3. The second-order valence-corrected chi connectivity index (χ2v) is 6.31. The Balaban J connectivity index is 1.65. The molecule has 0 radical (unpaired) electrons. The van der Waals surface area contributed by atoms with E-state index in [9.17, 15) is 5.26 Å². The number of aromatic nitrogens is 2. The van der Waals surface area contributed by atoms with Gasteiger partial charge in [-0.15, -0.1) is 0 Å². The summed E-state index contributed by atoms with van der Waals surface area (Å²) >= 11 is 0. The fourth-order valence-electron chi connectivity index (χ4n) is 3.62. The number of pyridine rings is 1. The Morgan fingerprint density at radius 3 is 2.96 bits per heavy atom. The molecule has 0 unspecified atom stereocenters. The van der Waals surface area contributed by atoms with Crippen molar-refractivity contribution in [3.8, 4) is 6.07 Å². The van der Waals surface area contributed by atoms with E-state index in [1.807, 2.05) is 12.1 Å². The third-order valence-electron chi connectivity index (χ3n) is 4.94. The normalized spacial score (nSPS) is 14.4. The Kier molecular flexibility index (Phi) is 3.99. The summed E-state index contributed by atoms with van der Waals surface area (Å²) in [5, 5.41) is 10.6. The van der Waals surface area contributed by atoms with Gasteiger partial charge in [-0.2, -0.15) is 5.26 Å². The molecule has 0 fully saturated rings. The van der Waals surface area contributed by atoms with E-state index in [0.717, 1.165) is 31.7 Å². The van der Waals surface area contributed by atoms with Crippen molar-refractivity contribution in [1.82, 2.24) is 9.97 Å². The van der Waals surface area contributed by atoms with Crippen LogP contribution in [0.25, 0.3) is 16.5 Å². The van der Waals surface area contributed by atoms with Crippen LogP contribution in [0, 0.1) is 11.3 Å². The van der Waals surface area contributed by atoms with Crippen molar-refractivity contribution in [2.24, 2.45) is 0 Å². The Bertz CT molecular complexity index is 991. The Morgan fingerprint density at radius 1 is 1.28 bits per heavy atom. The zero-order valence-electron chi connectivity index (χ0n) is 14.3. The number of fused-ring (bicyclic) bond motifs is 1. The lowest BCUT2D eigenvalue weighted by molar-refractivity contribution is 0.815. The molecule has 0 atom stereocenters. The van der Waals surface area contributed by atoms with E-state index in [-0.39, 0.29) is 0 Å². The van der Waals surface area contributed by atoms with Crippen LogP contribution in [0.4, 0.5) is 5.82 Å². The molecule has 0 saturated carbocycles. The van der Waals surface area contributed by atoms with Gasteiger partial charge >= 0.3 is 0 Å². The van der Waals surface area contributed by atoms with Crippen LogP contribution in [0.15, 0.2) is 48.8 Å². The van der Waals surface area contributed by atoms with Crippen LogP contribution < -0.4 is 4.90 Å². The molecule has 0 aliphatic carbocycles. The zero-order chi connectivity index (χ0) is 17.2. The lowest BCUT2D eigenvalue weighted by Crippen LogP contribution is -2.29. The molecule has 0 spiro atoms. The van der Waals surface area contributed by atoms with Crippen molar-refractivity contribution in [3.05, 3.63) is 65.5 Å². The average molecular weight is 328 g/mol. The molecule has 0 saturated heterocycles. The molecule has 1 aliphatic heterocycles. The summed E-state index contributed by atoms with van der Waals surface area (Å²) < 4.78 is 0. The van der Waals surface area contributed by atoms with Gasteiger partial charge in [-0.25, -0.2) is 4.98 Å². The molecule has 3 aromatic rings. The fourth-order valence-corrected chi connectivity index (χ4v) is 3.62. The van der Waals surface area contributed by atoms with E-state index in [1.165, 1.54) is 27.6 Å². The number of para-hydroxylation sites is 1. The van der Waals surface area contributed by atoms with Crippen LogP contribution in [-0.2, 0) is 6.42 Å². The standard InChI is InChI=1S/C21H20N4/c1-2-15-5-3-7-18-19(14-24-20(15)18)16-8-11-25(12-9-16)21-17(13-22)6-4-10-23-21/h3-8,10,14,24H,2,9,11-12H2,1H3. The predicted octanol–water partition coefficient (Wildman–Crippen LogP) is 4.29. The molecule has 1 aliphatic rings. The van der Waals surface area contributed by atoms with Gasteiger partial charge in [0.15, 0.2) is 0 Å². The van der Waals surface area contributed by atoms with Gasteiger partial charge in [0.25, 0.3) is 0 Å². The summed E-state index contributed by atoms with van der Waals surface area (Å²) in [6, 6.07) is 12.4. The minimum absolute atomic E-state index is 0.638. The van der Waals surface area contributed by atoms with Gasteiger partial charge in [0.1, 0.15) is 11.9 Å². The highest BCUT2D eigenvalue weighted by atomic mass is 15.2. The van der Waals surface area contributed by atoms with Gasteiger partial charge in [-0.1, -0.05) is 31.2 Å². The quantitative estimate of drug-likeness (QED) is 0.780. The SMILES string of the molecule is CCc1cccc2c(C3=CCN(c4ncccc4C#N)CC3)c[nH]c12. The van der Waals surface area contributed by atoms with Gasteiger partial charge in [-0.05, 0) is 36.1 Å². The third kappa shape index (κ3) is 2.68. The summed E-state index contributed by atoms with van der Waals surface area (Å²) in [4.78, 5) is 10.0. The fraction of sp³-hybridized carbons (Fsp3) is 0.238. The van der Waals surface area contributed by atoms with Crippen molar-refractivity contribution in [2.45, 2.75) is 19.8 Å². The number of nitrogens with zero attached hydrogens (tertiary/aromatic N) is 3. The smallest absolute Gasteiger partial charge is 0.146 e. The summed E-state index contributed by atoms with van der Waals surface area (Å²) in [5.74, 6) is 0.785. The van der Waals surface area contributed by atoms with Crippen molar-refractivity contribution >= 4 is 22.3 Å². The number of anilines is 1. The van der Waals surface area contributed by atoms with E-state index in [4.69, 9.17) is 0 Å². The lowest BCUT2D eigenvalue weighted by Gasteiger charge is -2.28. The zero-order valence-corrected chi connectivity index (χ0v) is 14.3. The summed E-state index contributed by atoms with van der Waals surface area (Å²) in [5.41, 5.74) is 5.91. The Morgan fingerprint density at radius 2 is 2.20 bits per heavy atom. The number of benzene rings is 1. The van der Waals surface area contributed by atoms with E-state index in [2.05, 4.69) is 58.3 Å². The van der Waals surface area contributed by atoms with E-state index < -0.39 is 0 Å². The van der Waals surface area contributed by atoms with Crippen LogP contribution in [0.5, 0.6) is 0 Å². The van der Waals surface area contributed by atoms with Crippen molar-refractivity contribution in [2.75, 3.05) is 18.0 Å². The number of aromatic amines is 1. The van der Waals surface area contributed by atoms with Gasteiger partial charge in [0.2, 0.25) is 0 Å². The molecular weight excluding hydrogens is 308 g/mol. The monoisotopic (exact) mass is 328 g/mol. The second-order valence-electron chi connectivity index (χ2n) is 6.31. The van der Waals surface area contributed by atoms with Crippen LogP contribution in [0.3, 0.4) is 0 Å². The summed E-state index contributed by atoms with van der Waals surface area (Å²) in [6.45, 7) is 3.84. The third-order valence-corrected chi connectivity index (χ3v) is 4.94. The average Bonchev–Trinajstić information content (AvgIpc) is 3.12. The number of aryl methyl sites for hydroxylation is 1. The number of H-pyrrole nitrogens is 1. The first-order valence-corrected chi connectivity index (χ1v) is 8.70. The first-order valence-electron chi connectivity index (χ1n) is 8.70. The van der Waals surface area contributed by atoms with Crippen molar-refractivity contribution in [3.63, 3.8) is 0 Å². The number of nitrogens with one attached hydrogen (secondary N) is 1. The molecule has 4 rings (SSSR count). The first kappa shape index (κ1) is 15.5. The Labute approximate surface area is 147 Å². The van der Waals surface area contributed by atoms with Gasteiger partial charge < -0.3 is 9.88 Å².